The van der Waals surface area contributed by atoms with Crippen molar-refractivity contribution in [1.82, 2.24) is 9.97 Å². The molecule has 0 aliphatic heterocycles. The lowest BCUT2D eigenvalue weighted by Crippen LogP contribution is -2.32. The van der Waals surface area contributed by atoms with Crippen LogP contribution in [0.25, 0.3) is 41.1 Å². The number of anilines is 2. The van der Waals surface area contributed by atoms with E-state index in [1.165, 1.54) is 50.9 Å². The lowest BCUT2D eigenvalue weighted by molar-refractivity contribution is 0.659. The van der Waals surface area contributed by atoms with Gasteiger partial charge >= 0.3 is 0 Å². The highest BCUT2D eigenvalue weighted by Gasteiger charge is 2.38. The fraction of sp³-hybridized carbons (Fsp3) is 0.254. The lowest BCUT2D eigenvalue weighted by Gasteiger charge is -2.31. The number of hydrogen-bond acceptors (Lipinski definition) is 3. The van der Waals surface area contributed by atoms with Crippen molar-refractivity contribution in [2.45, 2.75) is 94.9 Å². The zero-order valence-corrected chi connectivity index (χ0v) is 39.7. The Bertz CT molecular complexity index is 2660. The summed E-state index contributed by atoms with van der Waals surface area (Å²) in [6.07, 6.45) is 9.25. The Balaban J connectivity index is 0.000000287. The van der Waals surface area contributed by atoms with Gasteiger partial charge in [0.05, 0.1) is 11.4 Å². The van der Waals surface area contributed by atoms with Crippen LogP contribution in [0.15, 0.2) is 141 Å². The first-order valence-electron chi connectivity index (χ1n) is 22.1. The molecule has 3 nitrogen and oxygen atoms in total. The van der Waals surface area contributed by atoms with Gasteiger partial charge in [0, 0.05) is 33.3 Å². The molecule has 7 rings (SSSR count). The van der Waals surface area contributed by atoms with Gasteiger partial charge in [-0.1, -0.05) is 171 Å². The number of nitrogens with zero attached hydrogens (tertiary/aromatic N) is 3. The van der Waals surface area contributed by atoms with Crippen LogP contribution in [0.1, 0.15) is 111 Å². The molecule has 1 unspecified atom stereocenters. The van der Waals surface area contributed by atoms with Gasteiger partial charge in [0.25, 0.3) is 0 Å². The van der Waals surface area contributed by atoms with E-state index in [4.69, 9.17) is 4.98 Å². The molecule has 0 fully saturated rings. The van der Waals surface area contributed by atoms with E-state index < -0.39 is 0 Å². The molecule has 0 bridgehead atoms. The van der Waals surface area contributed by atoms with Crippen LogP contribution < -0.4 is 15.3 Å². The number of hydrogen-bond donors (Lipinski definition) is 0. The first-order chi connectivity index (χ1) is 29.7. The van der Waals surface area contributed by atoms with Crippen LogP contribution in [0.3, 0.4) is 0 Å². The van der Waals surface area contributed by atoms with Crippen molar-refractivity contribution in [2.24, 2.45) is 5.92 Å². The summed E-state index contributed by atoms with van der Waals surface area (Å²) in [5, 5.41) is 1.92. The Morgan fingerprint density at radius 2 is 1.31 bits per heavy atom. The van der Waals surface area contributed by atoms with Crippen molar-refractivity contribution >= 4 is 41.5 Å². The maximum absolute atomic E-state index is 4.96. The van der Waals surface area contributed by atoms with E-state index in [9.17, 15) is 0 Å². The fourth-order valence-corrected chi connectivity index (χ4v) is 8.26. The third kappa shape index (κ3) is 10.6. The van der Waals surface area contributed by atoms with Gasteiger partial charge in [-0.3, -0.25) is 9.88 Å². The Kier molecular flexibility index (Phi) is 17.1. The molecule has 0 amide bonds. The van der Waals surface area contributed by atoms with Crippen molar-refractivity contribution in [3.63, 3.8) is 0 Å². The smallest absolute Gasteiger partial charge is 0.137 e. The van der Waals surface area contributed by atoms with Crippen LogP contribution >= 0.6 is 0 Å². The average Bonchev–Trinajstić information content (AvgIpc) is 3.48. The molecule has 0 spiro atoms. The minimum absolute atomic E-state index is 0.187. The summed E-state index contributed by atoms with van der Waals surface area (Å²) in [5.41, 5.74) is 17.5. The summed E-state index contributed by atoms with van der Waals surface area (Å²) in [6, 6.07) is 37.9. The van der Waals surface area contributed by atoms with Gasteiger partial charge in [-0.25, -0.2) is 4.98 Å². The van der Waals surface area contributed by atoms with Crippen LogP contribution in [0.2, 0.25) is 0 Å². The van der Waals surface area contributed by atoms with E-state index in [0.717, 1.165) is 55.8 Å². The number of rotatable bonds is 9. The van der Waals surface area contributed by atoms with Crippen LogP contribution in [0.4, 0.5) is 11.5 Å². The summed E-state index contributed by atoms with van der Waals surface area (Å²) >= 11 is 0. The minimum Gasteiger partial charge on any atom is -0.294 e. The number of benzene rings is 4. The second kappa shape index (κ2) is 22.0. The molecule has 0 saturated heterocycles. The molecule has 3 heteroatoms. The highest BCUT2D eigenvalue weighted by atomic mass is 15.2. The summed E-state index contributed by atoms with van der Waals surface area (Å²) in [6.45, 7) is 42.7. The number of aromatic nitrogens is 2. The van der Waals surface area contributed by atoms with E-state index in [1.54, 1.807) is 0 Å². The third-order valence-electron chi connectivity index (χ3n) is 11.6. The van der Waals surface area contributed by atoms with Crippen LogP contribution in [-0.2, 0) is 5.41 Å². The molecule has 0 N–H and O–H groups in total. The molecule has 0 radical (unpaired) electrons. The highest BCUT2D eigenvalue weighted by Crippen LogP contribution is 2.54. The summed E-state index contributed by atoms with van der Waals surface area (Å²) < 4.78 is 0. The summed E-state index contributed by atoms with van der Waals surface area (Å²) in [7, 11) is 0. The van der Waals surface area contributed by atoms with Crippen molar-refractivity contribution in [1.29, 1.82) is 0 Å². The Hall–Kier alpha value is -6.32. The zero-order chi connectivity index (χ0) is 45.7. The zero-order valence-electron chi connectivity index (χ0n) is 39.7. The maximum atomic E-state index is 4.96. The van der Waals surface area contributed by atoms with Gasteiger partial charge < -0.3 is 0 Å². The summed E-state index contributed by atoms with van der Waals surface area (Å²) in [4.78, 5) is 11.3. The van der Waals surface area contributed by atoms with Crippen LogP contribution in [0.5, 0.6) is 0 Å². The second-order valence-corrected chi connectivity index (χ2v) is 16.2. The van der Waals surface area contributed by atoms with Gasteiger partial charge in [0.2, 0.25) is 0 Å². The number of pyridine rings is 2. The van der Waals surface area contributed by atoms with E-state index in [2.05, 4.69) is 145 Å². The predicted octanol–water partition coefficient (Wildman–Crippen LogP) is 15.0. The van der Waals surface area contributed by atoms with E-state index >= 15 is 0 Å². The summed E-state index contributed by atoms with van der Waals surface area (Å²) in [5.74, 6) is 1.46. The second-order valence-electron chi connectivity index (χ2n) is 16.2. The van der Waals surface area contributed by atoms with Crippen molar-refractivity contribution in [3.8, 4) is 11.1 Å². The molecular weight excluding hydrogens is 751 g/mol. The molecule has 1 aliphatic rings. The Morgan fingerprint density at radius 1 is 0.710 bits per heavy atom. The normalized spacial score (nSPS) is 12.9. The standard InChI is InChI=1S/C36H34N2.C14H20.C7H9N.C2H6/c1-9-26-27(10-2)35-29-20-19-23(4)21-30(29)36(7,8)31(35)22-33(26)38(34-18-14-16-25(6)37-34)32(11-3)28-17-13-12-15-24(28)5;1-5-11(3)13(6-2)14-10-8-7-9-12(14)4;1-6-4-3-5-7(2)8-6;1-2/h9-22H,1-3,5H2,4,6-8H3;6-11H,5H2,1-4H3;3-5H,1-2H3;1-2H3/b32-28+;13-6-;;. The van der Waals surface area contributed by atoms with Crippen molar-refractivity contribution < 1.29 is 0 Å². The highest BCUT2D eigenvalue weighted by molar-refractivity contribution is 5.97. The minimum atomic E-state index is -0.187. The Labute approximate surface area is 374 Å². The van der Waals surface area contributed by atoms with E-state index in [-0.39, 0.29) is 5.41 Å². The molecule has 62 heavy (non-hydrogen) atoms. The van der Waals surface area contributed by atoms with Gasteiger partial charge in [0.15, 0.2) is 0 Å². The van der Waals surface area contributed by atoms with Gasteiger partial charge in [0.1, 0.15) is 5.82 Å². The molecule has 1 aliphatic carbocycles. The largest absolute Gasteiger partial charge is 0.294 e. The van der Waals surface area contributed by atoms with Crippen molar-refractivity contribution in [3.05, 3.63) is 208 Å². The first-order valence-corrected chi connectivity index (χ1v) is 22.1. The molecule has 2 heterocycles. The molecular formula is C59H69N3. The number of fused-ring (bicyclic) bond motifs is 3. The van der Waals surface area contributed by atoms with Crippen molar-refractivity contribution in [2.75, 3.05) is 4.90 Å². The van der Waals surface area contributed by atoms with Crippen LogP contribution in [0, 0.1) is 40.5 Å². The molecule has 320 valence electrons. The third-order valence-corrected chi connectivity index (χ3v) is 11.6. The van der Waals surface area contributed by atoms with Gasteiger partial charge in [-0.05, 0) is 140 Å². The van der Waals surface area contributed by atoms with E-state index in [1.807, 2.05) is 107 Å². The number of aryl methyl sites for hydroxylation is 5. The molecule has 2 aromatic heterocycles. The molecule has 1 atom stereocenters. The first kappa shape index (κ1) is 48.3. The average molecular weight is 820 g/mol. The van der Waals surface area contributed by atoms with E-state index in [0.29, 0.717) is 5.92 Å². The monoisotopic (exact) mass is 820 g/mol. The molecule has 0 saturated carbocycles. The number of allylic oxidation sites excluding steroid dienone is 2. The molecule has 6 aromatic rings. The quantitative estimate of drug-likeness (QED) is 0.145. The van der Waals surface area contributed by atoms with Gasteiger partial charge in [-0.2, -0.15) is 0 Å². The van der Waals surface area contributed by atoms with Crippen LogP contribution in [-0.4, -0.2) is 9.97 Å². The molecule has 4 aromatic carbocycles. The maximum Gasteiger partial charge on any atom is 0.137 e. The SMILES string of the molecule is C/C=C(\c1ccccc1C)C(C)CC.C=C/C(=c1/ccccc1=C)N(c1cccc(C)n1)c1cc2c(c(C=C)c1C=C)-c1ccc(C)cc1C2(C)C.CC.Cc1cccc(C)n1. The van der Waals surface area contributed by atoms with Gasteiger partial charge in [-0.15, -0.1) is 0 Å². The Morgan fingerprint density at radius 3 is 1.84 bits per heavy atom. The topological polar surface area (TPSA) is 29.0 Å². The predicted molar refractivity (Wildman–Crippen MR) is 274 cm³/mol. The lowest BCUT2D eigenvalue weighted by atomic mass is 9.80. The fourth-order valence-electron chi connectivity index (χ4n) is 8.26.